The van der Waals surface area contributed by atoms with Crippen molar-refractivity contribution in [1.29, 1.82) is 0 Å². The Morgan fingerprint density at radius 2 is 1.81 bits per heavy atom. The molecule has 0 radical (unpaired) electrons. The third kappa shape index (κ3) is 2.42. The van der Waals surface area contributed by atoms with Gasteiger partial charge in [-0.25, -0.2) is 0 Å². The van der Waals surface area contributed by atoms with E-state index in [1.165, 1.54) is 0 Å². The van der Waals surface area contributed by atoms with Gasteiger partial charge in [0.15, 0.2) is 0 Å². The molecule has 1 saturated heterocycles. The van der Waals surface area contributed by atoms with Gasteiger partial charge in [0.25, 0.3) is 0 Å². The Bertz CT molecular complexity index is 507. The second kappa shape index (κ2) is 4.81. The topological polar surface area (TPSA) is 49.2 Å². The number of hydrogen-bond donors (Lipinski definition) is 0. The number of aryl methyl sites for hydroxylation is 1. The summed E-state index contributed by atoms with van der Waals surface area (Å²) in [6, 6.07) is 0. The summed E-state index contributed by atoms with van der Waals surface area (Å²) in [6.45, 7) is 11.5. The molecule has 0 bridgehead atoms. The first-order valence-corrected chi connectivity index (χ1v) is 8.07. The van der Waals surface area contributed by atoms with Gasteiger partial charge in [0.1, 0.15) is 0 Å². The predicted octanol–water partition coefficient (Wildman–Crippen LogP) is 2.74. The van der Waals surface area contributed by atoms with Crippen molar-refractivity contribution in [2.45, 2.75) is 83.4 Å². The van der Waals surface area contributed by atoms with E-state index in [0.717, 1.165) is 37.9 Å². The van der Waals surface area contributed by atoms with Crippen LogP contribution in [0.1, 0.15) is 66.0 Å². The Morgan fingerprint density at radius 1 is 1.19 bits per heavy atom. The summed E-state index contributed by atoms with van der Waals surface area (Å²) in [5.74, 6) is 0. The standard InChI is InChI=1S/C15H26BN3O2/c1-6-7-10-19-11-12(17-18-19)15(8-9-15)16-20-13(2,3)14(4,5)21-16/h11H,6-10H2,1-5H3. The maximum atomic E-state index is 6.24. The molecule has 5 nitrogen and oxygen atoms in total. The van der Waals surface area contributed by atoms with E-state index in [9.17, 15) is 0 Å². The molecular weight excluding hydrogens is 265 g/mol. The first-order valence-electron chi connectivity index (χ1n) is 8.07. The molecule has 2 fully saturated rings. The summed E-state index contributed by atoms with van der Waals surface area (Å²) < 4.78 is 14.4. The van der Waals surface area contributed by atoms with E-state index >= 15 is 0 Å². The third-order valence-corrected chi connectivity index (χ3v) is 5.28. The van der Waals surface area contributed by atoms with Crippen LogP contribution in [0, 0.1) is 0 Å². The van der Waals surface area contributed by atoms with Crippen LogP contribution in [-0.2, 0) is 21.2 Å². The first-order chi connectivity index (χ1) is 9.81. The van der Waals surface area contributed by atoms with Crippen LogP contribution in [0.25, 0.3) is 0 Å². The number of unbranched alkanes of at least 4 members (excludes halogenated alkanes) is 1. The van der Waals surface area contributed by atoms with E-state index in [-0.39, 0.29) is 23.6 Å². The van der Waals surface area contributed by atoms with E-state index in [0.29, 0.717) is 0 Å². The van der Waals surface area contributed by atoms with Gasteiger partial charge < -0.3 is 9.31 Å². The average molecular weight is 291 g/mol. The fourth-order valence-corrected chi connectivity index (χ4v) is 2.77. The van der Waals surface area contributed by atoms with Gasteiger partial charge in [0, 0.05) is 12.7 Å². The Kier molecular flexibility index (Phi) is 3.45. The Hall–Kier alpha value is -0.875. The minimum Gasteiger partial charge on any atom is -0.403 e. The van der Waals surface area contributed by atoms with Crippen molar-refractivity contribution in [3.05, 3.63) is 11.9 Å². The number of rotatable bonds is 5. The van der Waals surface area contributed by atoms with Crippen molar-refractivity contribution in [2.24, 2.45) is 0 Å². The van der Waals surface area contributed by atoms with Gasteiger partial charge in [-0.2, -0.15) is 0 Å². The Labute approximate surface area is 127 Å². The molecule has 1 aliphatic carbocycles. The highest BCUT2D eigenvalue weighted by Crippen LogP contribution is 2.54. The molecule has 1 aromatic rings. The van der Waals surface area contributed by atoms with Gasteiger partial charge >= 0.3 is 7.12 Å². The number of aromatic nitrogens is 3. The lowest BCUT2D eigenvalue weighted by Crippen LogP contribution is -2.41. The lowest BCUT2D eigenvalue weighted by Gasteiger charge is -2.32. The molecule has 1 saturated carbocycles. The van der Waals surface area contributed by atoms with Crippen LogP contribution >= 0.6 is 0 Å². The highest BCUT2D eigenvalue weighted by atomic mass is 16.7. The summed E-state index contributed by atoms with van der Waals surface area (Å²) in [6.07, 6.45) is 6.50. The van der Waals surface area contributed by atoms with E-state index in [1.54, 1.807) is 0 Å². The van der Waals surface area contributed by atoms with Gasteiger partial charge in [0.05, 0.1) is 22.2 Å². The zero-order valence-corrected chi connectivity index (χ0v) is 13.8. The Balaban J connectivity index is 1.78. The van der Waals surface area contributed by atoms with Crippen molar-refractivity contribution in [1.82, 2.24) is 15.0 Å². The van der Waals surface area contributed by atoms with E-state index < -0.39 is 0 Å². The fraction of sp³-hybridized carbons (Fsp3) is 0.867. The molecule has 1 aliphatic heterocycles. The SMILES string of the molecule is CCCCn1cc(C2(B3OC(C)(C)C(C)(C)O3)CC2)nn1. The fourth-order valence-electron chi connectivity index (χ4n) is 2.77. The van der Waals surface area contributed by atoms with E-state index in [4.69, 9.17) is 9.31 Å². The molecule has 21 heavy (non-hydrogen) atoms. The minimum atomic E-state index is -0.286. The molecule has 0 spiro atoms. The normalized spacial score (nSPS) is 25.3. The van der Waals surface area contributed by atoms with Crippen LogP contribution in [0.2, 0.25) is 0 Å². The number of nitrogens with zero attached hydrogens (tertiary/aromatic N) is 3. The van der Waals surface area contributed by atoms with Crippen LogP contribution in [0.3, 0.4) is 0 Å². The smallest absolute Gasteiger partial charge is 0.403 e. The highest BCUT2D eigenvalue weighted by Gasteiger charge is 2.66. The van der Waals surface area contributed by atoms with Crippen LogP contribution in [0.4, 0.5) is 0 Å². The summed E-state index contributed by atoms with van der Waals surface area (Å²) in [5.41, 5.74) is 0.453. The van der Waals surface area contributed by atoms with Gasteiger partial charge in [-0.15, -0.1) is 5.10 Å². The van der Waals surface area contributed by atoms with Crippen molar-refractivity contribution < 1.29 is 9.31 Å². The summed E-state index contributed by atoms with van der Waals surface area (Å²) in [7, 11) is -0.209. The zero-order chi connectivity index (χ0) is 15.3. The summed E-state index contributed by atoms with van der Waals surface area (Å²) in [5, 5.41) is 8.57. The van der Waals surface area contributed by atoms with Gasteiger partial charge in [-0.1, -0.05) is 18.6 Å². The molecule has 116 valence electrons. The molecular formula is C15H26BN3O2. The molecule has 3 rings (SSSR count). The van der Waals surface area contributed by atoms with Gasteiger partial charge in [-0.3, -0.25) is 4.68 Å². The molecule has 0 N–H and O–H groups in total. The second-order valence-corrected chi connectivity index (χ2v) is 7.46. The first kappa shape index (κ1) is 15.0. The number of hydrogen-bond acceptors (Lipinski definition) is 4. The third-order valence-electron chi connectivity index (χ3n) is 5.28. The molecule has 6 heteroatoms. The maximum Gasteiger partial charge on any atom is 0.470 e. The highest BCUT2D eigenvalue weighted by molar-refractivity contribution is 6.51. The molecule has 1 aromatic heterocycles. The molecule has 0 amide bonds. The van der Waals surface area contributed by atoms with E-state index in [1.807, 2.05) is 4.68 Å². The maximum absolute atomic E-state index is 6.24. The van der Waals surface area contributed by atoms with Gasteiger partial charge in [0.2, 0.25) is 0 Å². The van der Waals surface area contributed by atoms with Crippen molar-refractivity contribution in [3.8, 4) is 0 Å². The lowest BCUT2D eigenvalue weighted by atomic mass is 9.66. The van der Waals surface area contributed by atoms with Crippen molar-refractivity contribution >= 4 is 7.12 Å². The van der Waals surface area contributed by atoms with Crippen LogP contribution in [0.15, 0.2) is 6.20 Å². The molecule has 0 aromatic carbocycles. The zero-order valence-electron chi connectivity index (χ0n) is 13.8. The summed E-state index contributed by atoms with van der Waals surface area (Å²) in [4.78, 5) is 0. The molecule has 0 atom stereocenters. The van der Waals surface area contributed by atoms with Crippen molar-refractivity contribution in [2.75, 3.05) is 0 Å². The van der Waals surface area contributed by atoms with E-state index in [2.05, 4.69) is 51.1 Å². The van der Waals surface area contributed by atoms with Crippen molar-refractivity contribution in [3.63, 3.8) is 0 Å². The van der Waals surface area contributed by atoms with Crippen LogP contribution in [0.5, 0.6) is 0 Å². The monoisotopic (exact) mass is 291 g/mol. The lowest BCUT2D eigenvalue weighted by molar-refractivity contribution is 0.00578. The second-order valence-electron chi connectivity index (χ2n) is 7.46. The molecule has 2 heterocycles. The summed E-state index contributed by atoms with van der Waals surface area (Å²) >= 11 is 0. The molecule has 0 unspecified atom stereocenters. The van der Waals surface area contributed by atoms with Crippen LogP contribution in [-0.4, -0.2) is 33.3 Å². The quantitative estimate of drug-likeness (QED) is 0.783. The van der Waals surface area contributed by atoms with Crippen LogP contribution < -0.4 is 0 Å². The predicted molar refractivity (Wildman–Crippen MR) is 81.9 cm³/mol. The Morgan fingerprint density at radius 3 is 2.33 bits per heavy atom. The largest absolute Gasteiger partial charge is 0.470 e. The van der Waals surface area contributed by atoms with Gasteiger partial charge in [-0.05, 0) is 47.0 Å². The minimum absolute atomic E-state index is 0.0878. The average Bonchev–Trinajstić information content (AvgIpc) is 3.01. The molecule has 2 aliphatic rings.